The van der Waals surface area contributed by atoms with E-state index in [-0.39, 0.29) is 11.7 Å². The van der Waals surface area contributed by atoms with Gasteiger partial charge in [0.15, 0.2) is 5.60 Å². The first kappa shape index (κ1) is 23.6. The van der Waals surface area contributed by atoms with Crippen molar-refractivity contribution in [3.63, 3.8) is 0 Å². The van der Waals surface area contributed by atoms with Gasteiger partial charge in [0.2, 0.25) is 5.91 Å². The molecule has 3 N–H and O–H groups in total. The fraction of sp³-hybridized carbons (Fsp3) is 0.440. The monoisotopic (exact) mass is 440 g/mol. The highest BCUT2D eigenvalue weighted by molar-refractivity contribution is 5.91. The highest BCUT2D eigenvalue weighted by Crippen LogP contribution is 2.43. The van der Waals surface area contributed by atoms with Crippen molar-refractivity contribution >= 4 is 11.8 Å². The summed E-state index contributed by atoms with van der Waals surface area (Å²) >= 11 is 0. The zero-order valence-electron chi connectivity index (χ0n) is 19.4. The molecule has 172 valence electrons. The third-order valence-corrected chi connectivity index (χ3v) is 6.42. The third-order valence-electron chi connectivity index (χ3n) is 6.42. The summed E-state index contributed by atoms with van der Waals surface area (Å²) in [5, 5.41) is 22.8. The first-order valence-corrected chi connectivity index (χ1v) is 10.8. The predicted molar refractivity (Wildman–Crippen MR) is 122 cm³/mol. The van der Waals surface area contributed by atoms with Crippen molar-refractivity contribution in [3.05, 3.63) is 58.1 Å². The molecule has 7 nitrogen and oxygen atoms in total. The van der Waals surface area contributed by atoms with Crippen LogP contribution >= 0.6 is 0 Å². The number of ether oxygens (including phenoxy) is 1. The van der Waals surface area contributed by atoms with Crippen LogP contribution in [0.15, 0.2) is 30.3 Å². The Morgan fingerprint density at radius 2 is 1.81 bits per heavy atom. The molecule has 0 aliphatic carbocycles. The number of hydrogen-bond donors (Lipinski definition) is 3. The zero-order valence-corrected chi connectivity index (χ0v) is 19.4. The molecule has 0 spiro atoms. The minimum Gasteiger partial charge on any atom is -0.507 e. The largest absolute Gasteiger partial charge is 0.507 e. The van der Waals surface area contributed by atoms with Crippen molar-refractivity contribution in [2.75, 3.05) is 13.7 Å². The van der Waals surface area contributed by atoms with Crippen LogP contribution in [-0.2, 0) is 22.6 Å². The lowest BCUT2D eigenvalue weighted by atomic mass is 9.86. The van der Waals surface area contributed by atoms with Crippen LogP contribution in [0.4, 0.5) is 0 Å². The Hall–Kier alpha value is -3.06. The number of aliphatic hydroxyl groups excluding tert-OH is 1. The number of hydrogen-bond acceptors (Lipinski definition) is 5. The number of fused-ring (bicyclic) bond motifs is 1. The van der Waals surface area contributed by atoms with Crippen molar-refractivity contribution in [1.82, 2.24) is 10.2 Å². The van der Waals surface area contributed by atoms with Gasteiger partial charge >= 0.3 is 0 Å². The van der Waals surface area contributed by atoms with Gasteiger partial charge in [0.05, 0.1) is 6.61 Å². The Bertz CT molecular complexity index is 1020. The number of nitrogens with one attached hydrogen (secondary N) is 1. The molecule has 1 aliphatic heterocycles. The van der Waals surface area contributed by atoms with E-state index in [1.165, 1.54) is 4.90 Å². The molecular formula is C25H32N2O5. The summed E-state index contributed by atoms with van der Waals surface area (Å²) in [7, 11) is 1.64. The molecule has 1 heterocycles. The summed E-state index contributed by atoms with van der Waals surface area (Å²) in [5.74, 6) is 0.0313. The van der Waals surface area contributed by atoms with E-state index in [4.69, 9.17) is 4.74 Å². The SMILES string of the molecule is Cc1c(C)c2c(c(C)c1O)CCC(C)(C(=O)N[C@@H](CO)C(=O)N(C)Cc1ccccc1)O2. The topological polar surface area (TPSA) is 99.1 Å². The number of benzene rings is 2. The van der Waals surface area contributed by atoms with Gasteiger partial charge in [0, 0.05) is 25.6 Å². The molecule has 2 aromatic carbocycles. The van der Waals surface area contributed by atoms with Gasteiger partial charge in [0.1, 0.15) is 17.5 Å². The molecule has 0 fully saturated rings. The molecule has 1 unspecified atom stereocenters. The number of likely N-dealkylation sites (N-methyl/N-ethyl adjacent to an activating group) is 1. The summed E-state index contributed by atoms with van der Waals surface area (Å²) in [5.41, 5.74) is 2.93. The summed E-state index contributed by atoms with van der Waals surface area (Å²) in [6, 6.07) is 8.44. The van der Waals surface area contributed by atoms with Crippen LogP contribution < -0.4 is 10.1 Å². The second kappa shape index (κ2) is 9.20. The van der Waals surface area contributed by atoms with Crippen LogP contribution in [0.2, 0.25) is 0 Å². The number of amides is 2. The molecule has 2 aromatic rings. The van der Waals surface area contributed by atoms with Gasteiger partial charge in [-0.25, -0.2) is 0 Å². The summed E-state index contributed by atoms with van der Waals surface area (Å²) in [4.78, 5) is 27.5. The van der Waals surface area contributed by atoms with Gasteiger partial charge in [-0.15, -0.1) is 0 Å². The van der Waals surface area contributed by atoms with E-state index in [1.807, 2.05) is 51.1 Å². The van der Waals surface area contributed by atoms with E-state index >= 15 is 0 Å². The molecule has 0 bridgehead atoms. The van der Waals surface area contributed by atoms with Crippen molar-refractivity contribution in [1.29, 1.82) is 0 Å². The maximum absolute atomic E-state index is 13.2. The summed E-state index contributed by atoms with van der Waals surface area (Å²) in [6.07, 6.45) is 0.951. The molecular weight excluding hydrogens is 408 g/mol. The number of nitrogens with zero attached hydrogens (tertiary/aromatic N) is 1. The third kappa shape index (κ3) is 4.43. The van der Waals surface area contributed by atoms with Crippen LogP contribution in [0.3, 0.4) is 0 Å². The normalized spacial score (nSPS) is 18.3. The Labute approximate surface area is 189 Å². The molecule has 2 atom stereocenters. The van der Waals surface area contributed by atoms with Crippen molar-refractivity contribution in [3.8, 4) is 11.5 Å². The van der Waals surface area contributed by atoms with E-state index in [0.29, 0.717) is 25.1 Å². The second-order valence-corrected chi connectivity index (χ2v) is 8.75. The second-order valence-electron chi connectivity index (χ2n) is 8.75. The van der Waals surface area contributed by atoms with Gasteiger partial charge < -0.3 is 25.2 Å². The Morgan fingerprint density at radius 1 is 1.16 bits per heavy atom. The minimum atomic E-state index is -1.20. The first-order chi connectivity index (χ1) is 15.1. The molecule has 3 rings (SSSR count). The zero-order chi connectivity index (χ0) is 23.6. The van der Waals surface area contributed by atoms with E-state index in [1.54, 1.807) is 14.0 Å². The van der Waals surface area contributed by atoms with E-state index in [0.717, 1.165) is 27.8 Å². The number of aromatic hydroxyl groups is 1. The predicted octanol–water partition coefficient (Wildman–Crippen LogP) is 2.54. The lowest BCUT2D eigenvalue weighted by molar-refractivity contribution is -0.143. The lowest BCUT2D eigenvalue weighted by Crippen LogP contribution is -2.57. The Kier molecular flexibility index (Phi) is 6.79. The van der Waals surface area contributed by atoms with Gasteiger partial charge in [-0.1, -0.05) is 30.3 Å². The molecule has 2 amide bonds. The van der Waals surface area contributed by atoms with Gasteiger partial charge in [-0.05, 0) is 56.4 Å². The highest BCUT2D eigenvalue weighted by Gasteiger charge is 2.42. The molecule has 0 saturated heterocycles. The van der Waals surface area contributed by atoms with Crippen LogP contribution in [0.1, 0.15) is 41.2 Å². The number of phenolic OH excluding ortho intramolecular Hbond substituents is 1. The van der Waals surface area contributed by atoms with Crippen LogP contribution in [-0.4, -0.2) is 52.2 Å². The summed E-state index contributed by atoms with van der Waals surface area (Å²) < 4.78 is 6.18. The average Bonchev–Trinajstić information content (AvgIpc) is 2.79. The van der Waals surface area contributed by atoms with E-state index < -0.39 is 24.2 Å². The van der Waals surface area contributed by atoms with Gasteiger partial charge in [-0.3, -0.25) is 9.59 Å². The lowest BCUT2D eigenvalue weighted by Gasteiger charge is -2.37. The summed E-state index contributed by atoms with van der Waals surface area (Å²) in [6.45, 7) is 7.06. The molecule has 0 radical (unpaired) electrons. The fourth-order valence-electron chi connectivity index (χ4n) is 4.11. The number of phenols is 1. The van der Waals surface area contributed by atoms with Crippen molar-refractivity contribution in [2.45, 2.75) is 58.7 Å². The van der Waals surface area contributed by atoms with Crippen LogP contribution in [0.5, 0.6) is 11.5 Å². The maximum Gasteiger partial charge on any atom is 0.264 e. The Morgan fingerprint density at radius 3 is 2.44 bits per heavy atom. The quantitative estimate of drug-likeness (QED) is 0.641. The number of aliphatic hydroxyl groups is 1. The van der Waals surface area contributed by atoms with E-state index in [9.17, 15) is 19.8 Å². The first-order valence-electron chi connectivity index (χ1n) is 10.8. The van der Waals surface area contributed by atoms with Gasteiger partial charge in [-0.2, -0.15) is 0 Å². The molecule has 1 aliphatic rings. The standard InChI is InChI=1S/C25H32N2O5/c1-15-16(2)22-19(17(3)21(15)29)11-12-25(4,32-22)24(31)26-20(14-28)23(30)27(5)13-18-9-7-6-8-10-18/h6-10,20,28-29H,11-14H2,1-5H3,(H,26,31)/t20-,25?/m0/s1. The Balaban J connectivity index is 1.75. The van der Waals surface area contributed by atoms with Crippen LogP contribution in [0, 0.1) is 20.8 Å². The maximum atomic E-state index is 13.2. The molecule has 7 heteroatoms. The smallest absolute Gasteiger partial charge is 0.264 e. The number of carbonyl (C=O) groups is 2. The number of carbonyl (C=O) groups excluding carboxylic acids is 2. The average molecular weight is 441 g/mol. The van der Waals surface area contributed by atoms with Crippen LogP contribution in [0.25, 0.3) is 0 Å². The number of rotatable bonds is 6. The molecule has 32 heavy (non-hydrogen) atoms. The highest BCUT2D eigenvalue weighted by atomic mass is 16.5. The molecule has 0 aromatic heterocycles. The van der Waals surface area contributed by atoms with Gasteiger partial charge in [0.25, 0.3) is 5.91 Å². The van der Waals surface area contributed by atoms with Crippen molar-refractivity contribution < 1.29 is 24.5 Å². The van der Waals surface area contributed by atoms with E-state index in [2.05, 4.69) is 5.32 Å². The fourth-order valence-corrected chi connectivity index (χ4v) is 4.11. The minimum absolute atomic E-state index is 0.255. The van der Waals surface area contributed by atoms with Crippen molar-refractivity contribution in [2.24, 2.45) is 0 Å². The molecule has 0 saturated carbocycles.